The number of carbonyl (C=O) groups is 1. The minimum Gasteiger partial charge on any atom is -0.461 e. The molecule has 0 aliphatic rings. The average molecular weight is 385 g/mol. The van der Waals surface area contributed by atoms with E-state index < -0.39 is 29.3 Å². The lowest BCUT2D eigenvalue weighted by molar-refractivity contribution is 0.0492. The maximum atomic E-state index is 14.4. The first-order chi connectivity index (χ1) is 12.4. The van der Waals surface area contributed by atoms with Crippen molar-refractivity contribution in [2.45, 2.75) is 26.2 Å². The largest absolute Gasteiger partial charge is 0.461 e. The summed E-state index contributed by atoms with van der Waals surface area (Å²) in [4.78, 5) is 20.2. The molecule has 0 aliphatic heterocycles. The number of unbranched alkanes of at least 4 members (excludes halogenated alkanes) is 1. The number of rotatable bonds is 7. The second-order valence-electron chi connectivity index (χ2n) is 5.31. The van der Waals surface area contributed by atoms with Gasteiger partial charge in [0.15, 0.2) is 11.5 Å². The van der Waals surface area contributed by atoms with E-state index in [1.165, 1.54) is 6.08 Å². The molecule has 8 heteroatoms. The quantitative estimate of drug-likeness (QED) is 0.469. The van der Waals surface area contributed by atoms with Crippen LogP contribution in [-0.2, 0) is 4.74 Å². The minimum absolute atomic E-state index is 0.108. The van der Waals surface area contributed by atoms with Gasteiger partial charge in [0.2, 0.25) is 0 Å². The lowest BCUT2D eigenvalue weighted by Crippen LogP contribution is -2.12. The van der Waals surface area contributed by atoms with E-state index in [1.807, 2.05) is 6.92 Å². The molecule has 1 heterocycles. The van der Waals surface area contributed by atoms with Gasteiger partial charge >= 0.3 is 5.97 Å². The Morgan fingerprint density at radius 1 is 1.42 bits per heavy atom. The molecule has 0 radical (unpaired) electrons. The Labute approximate surface area is 153 Å². The third-order valence-electron chi connectivity index (χ3n) is 3.54. The Bertz CT molecular complexity index is 828. The van der Waals surface area contributed by atoms with Gasteiger partial charge in [0.25, 0.3) is 6.43 Å². The van der Waals surface area contributed by atoms with E-state index in [9.17, 15) is 18.0 Å². The van der Waals surface area contributed by atoms with Gasteiger partial charge in [0.1, 0.15) is 0 Å². The van der Waals surface area contributed by atoms with Gasteiger partial charge < -0.3 is 4.74 Å². The number of hydrogen-bond donors (Lipinski definition) is 0. The predicted molar refractivity (Wildman–Crippen MR) is 92.7 cm³/mol. The Morgan fingerprint density at radius 2 is 2.15 bits per heavy atom. The molecule has 0 bridgehead atoms. The van der Waals surface area contributed by atoms with E-state index in [0.717, 1.165) is 24.8 Å². The monoisotopic (exact) mass is 384 g/mol. The van der Waals surface area contributed by atoms with Crippen LogP contribution in [0.5, 0.6) is 0 Å². The van der Waals surface area contributed by atoms with Crippen LogP contribution in [0.4, 0.5) is 13.2 Å². The summed E-state index contributed by atoms with van der Waals surface area (Å²) in [6, 6.07) is 2.04. The highest BCUT2D eigenvalue weighted by Gasteiger charge is 2.24. The molecule has 2 aromatic rings. The zero-order valence-electron chi connectivity index (χ0n) is 13.9. The zero-order valence-corrected chi connectivity index (χ0v) is 14.7. The van der Waals surface area contributed by atoms with Crippen LogP contribution in [0.2, 0.25) is 5.02 Å². The van der Waals surface area contributed by atoms with Crippen LogP contribution < -0.4 is 0 Å². The number of alkyl halides is 2. The predicted octanol–water partition coefficient (Wildman–Crippen LogP) is 5.47. The van der Waals surface area contributed by atoms with Crippen LogP contribution in [0.3, 0.4) is 0 Å². The number of hydrogen-bond acceptors (Lipinski definition) is 4. The second kappa shape index (κ2) is 8.80. The standard InChI is InChI=1S/C18H16ClF3N2O2/c1-3-5-8-26-18(25)16-12(4-2)23-9-13(24-16)14-10(17(21)22)6-7-11(19)15(14)20/h4,6-7,9,17H,2-3,5,8H2,1H3. The van der Waals surface area contributed by atoms with Crippen LogP contribution in [0.25, 0.3) is 17.3 Å². The van der Waals surface area contributed by atoms with Crippen LogP contribution in [0.15, 0.2) is 24.9 Å². The van der Waals surface area contributed by atoms with Gasteiger partial charge in [0, 0.05) is 11.1 Å². The van der Waals surface area contributed by atoms with Crippen molar-refractivity contribution in [2.24, 2.45) is 0 Å². The molecular weight excluding hydrogens is 369 g/mol. The third-order valence-corrected chi connectivity index (χ3v) is 3.83. The minimum atomic E-state index is -2.96. The van der Waals surface area contributed by atoms with Crippen LogP contribution in [0, 0.1) is 5.82 Å². The molecule has 1 aromatic heterocycles. The number of aromatic nitrogens is 2. The fourth-order valence-electron chi connectivity index (χ4n) is 2.20. The SMILES string of the molecule is C=Cc1ncc(-c2c(C(F)F)ccc(Cl)c2F)nc1C(=O)OCCCC. The van der Waals surface area contributed by atoms with Crippen molar-refractivity contribution >= 4 is 23.6 Å². The Balaban J connectivity index is 2.56. The summed E-state index contributed by atoms with van der Waals surface area (Å²) in [5, 5.41) is -0.342. The molecule has 0 N–H and O–H groups in total. The number of halogens is 4. The lowest BCUT2D eigenvalue weighted by atomic mass is 10.0. The van der Waals surface area contributed by atoms with Gasteiger partial charge in [0.05, 0.1) is 29.2 Å². The van der Waals surface area contributed by atoms with Crippen LogP contribution >= 0.6 is 11.6 Å². The fourth-order valence-corrected chi connectivity index (χ4v) is 2.36. The number of ether oxygens (including phenoxy) is 1. The average Bonchev–Trinajstić information content (AvgIpc) is 2.63. The summed E-state index contributed by atoms with van der Waals surface area (Å²) in [6.45, 7) is 5.62. The molecule has 4 nitrogen and oxygen atoms in total. The van der Waals surface area contributed by atoms with Crippen LogP contribution in [0.1, 0.15) is 47.9 Å². The van der Waals surface area contributed by atoms with Crippen LogP contribution in [-0.4, -0.2) is 22.5 Å². The van der Waals surface area contributed by atoms with Crippen molar-refractivity contribution in [2.75, 3.05) is 6.61 Å². The van der Waals surface area contributed by atoms with E-state index in [-0.39, 0.29) is 28.7 Å². The summed E-state index contributed by atoms with van der Waals surface area (Å²) >= 11 is 5.71. The Hall–Kier alpha value is -2.41. The van der Waals surface area contributed by atoms with Crippen molar-refractivity contribution in [1.29, 1.82) is 0 Å². The summed E-state index contributed by atoms with van der Waals surface area (Å²) < 4.78 is 46.0. The fraction of sp³-hybridized carbons (Fsp3) is 0.278. The molecule has 0 saturated carbocycles. The van der Waals surface area contributed by atoms with Gasteiger partial charge in [-0.05, 0) is 18.6 Å². The molecule has 0 amide bonds. The summed E-state index contributed by atoms with van der Waals surface area (Å²) in [6.07, 6.45) is 0.868. The molecule has 138 valence electrons. The van der Waals surface area contributed by atoms with Gasteiger partial charge in [-0.15, -0.1) is 0 Å². The molecule has 0 unspecified atom stereocenters. The molecule has 0 saturated heterocycles. The van der Waals surface area contributed by atoms with Crippen molar-refractivity contribution in [3.05, 3.63) is 52.7 Å². The van der Waals surface area contributed by atoms with Crippen molar-refractivity contribution in [1.82, 2.24) is 9.97 Å². The van der Waals surface area contributed by atoms with E-state index >= 15 is 0 Å². The maximum Gasteiger partial charge on any atom is 0.359 e. The highest BCUT2D eigenvalue weighted by Crippen LogP contribution is 2.35. The number of nitrogens with zero attached hydrogens (tertiary/aromatic N) is 2. The lowest BCUT2D eigenvalue weighted by Gasteiger charge is -2.12. The summed E-state index contributed by atoms with van der Waals surface area (Å²) in [5.74, 6) is -1.85. The van der Waals surface area contributed by atoms with E-state index in [0.29, 0.717) is 6.42 Å². The van der Waals surface area contributed by atoms with E-state index in [1.54, 1.807) is 0 Å². The molecule has 0 aliphatic carbocycles. The Kier molecular flexibility index (Phi) is 6.74. The first-order valence-corrected chi connectivity index (χ1v) is 8.21. The normalized spacial score (nSPS) is 10.8. The second-order valence-corrected chi connectivity index (χ2v) is 5.72. The maximum absolute atomic E-state index is 14.4. The zero-order chi connectivity index (χ0) is 19.3. The molecule has 2 rings (SSSR count). The smallest absolute Gasteiger partial charge is 0.359 e. The van der Waals surface area contributed by atoms with E-state index in [4.69, 9.17) is 16.3 Å². The molecule has 0 spiro atoms. The number of benzene rings is 1. The van der Waals surface area contributed by atoms with Gasteiger partial charge in [-0.25, -0.2) is 22.9 Å². The molecule has 0 fully saturated rings. The first-order valence-electron chi connectivity index (χ1n) is 7.83. The summed E-state index contributed by atoms with van der Waals surface area (Å²) in [5.41, 5.74) is -1.46. The number of esters is 1. The van der Waals surface area contributed by atoms with E-state index in [2.05, 4.69) is 16.5 Å². The third kappa shape index (κ3) is 4.22. The van der Waals surface area contributed by atoms with Gasteiger partial charge in [-0.1, -0.05) is 37.6 Å². The number of carbonyl (C=O) groups excluding carboxylic acids is 1. The first kappa shape index (κ1) is 19.9. The van der Waals surface area contributed by atoms with Crippen molar-refractivity contribution < 1.29 is 22.7 Å². The van der Waals surface area contributed by atoms with Gasteiger partial charge in [-0.2, -0.15) is 0 Å². The molecule has 26 heavy (non-hydrogen) atoms. The molecule has 0 atom stereocenters. The molecular formula is C18H16ClF3N2O2. The van der Waals surface area contributed by atoms with Crippen molar-refractivity contribution in [3.8, 4) is 11.3 Å². The topological polar surface area (TPSA) is 52.1 Å². The van der Waals surface area contributed by atoms with Crippen molar-refractivity contribution in [3.63, 3.8) is 0 Å². The highest BCUT2D eigenvalue weighted by molar-refractivity contribution is 6.31. The Morgan fingerprint density at radius 3 is 2.77 bits per heavy atom. The van der Waals surface area contributed by atoms with Gasteiger partial charge in [-0.3, -0.25) is 4.98 Å². The molecule has 1 aromatic carbocycles. The summed E-state index contributed by atoms with van der Waals surface area (Å²) in [7, 11) is 0. The highest BCUT2D eigenvalue weighted by atomic mass is 35.5.